The van der Waals surface area contributed by atoms with Crippen LogP contribution >= 0.6 is 0 Å². The van der Waals surface area contributed by atoms with E-state index in [4.69, 9.17) is 10.00 Å². The van der Waals surface area contributed by atoms with Crippen LogP contribution in [-0.4, -0.2) is 44.3 Å². The maximum atomic E-state index is 12.4. The van der Waals surface area contributed by atoms with Crippen molar-refractivity contribution in [3.05, 3.63) is 0 Å². The Kier molecular flexibility index (Phi) is 5.20. The van der Waals surface area contributed by atoms with Crippen molar-refractivity contribution >= 4 is 10.0 Å². The summed E-state index contributed by atoms with van der Waals surface area (Å²) < 4.78 is 31.8. The number of hydrogen-bond donors (Lipinski definition) is 0. The van der Waals surface area contributed by atoms with E-state index in [-0.39, 0.29) is 18.3 Å². The second-order valence-electron chi connectivity index (χ2n) is 5.48. The Labute approximate surface area is 115 Å². The van der Waals surface area contributed by atoms with Crippen LogP contribution in [0, 0.1) is 17.2 Å². The van der Waals surface area contributed by atoms with Gasteiger partial charge in [-0.2, -0.15) is 5.26 Å². The fraction of sp³-hybridized carbons (Fsp3) is 0.923. The van der Waals surface area contributed by atoms with Crippen LogP contribution in [0.4, 0.5) is 0 Å². The fourth-order valence-electron chi connectivity index (χ4n) is 2.39. The Morgan fingerprint density at radius 1 is 1.26 bits per heavy atom. The Morgan fingerprint density at radius 2 is 2.05 bits per heavy atom. The first-order chi connectivity index (χ1) is 9.12. The molecule has 5 nitrogen and oxygen atoms in total. The third-order valence-corrected chi connectivity index (χ3v) is 5.61. The molecule has 1 saturated carbocycles. The highest BCUT2D eigenvalue weighted by atomic mass is 32.2. The lowest BCUT2D eigenvalue weighted by Gasteiger charge is -2.26. The highest BCUT2D eigenvalue weighted by Gasteiger charge is 2.32. The van der Waals surface area contributed by atoms with Gasteiger partial charge in [-0.3, -0.25) is 0 Å². The highest BCUT2D eigenvalue weighted by Crippen LogP contribution is 2.31. The molecule has 0 aromatic heterocycles. The summed E-state index contributed by atoms with van der Waals surface area (Å²) in [7, 11) is -3.29. The lowest BCUT2D eigenvalue weighted by Crippen LogP contribution is -2.40. The molecule has 0 N–H and O–H groups in total. The van der Waals surface area contributed by atoms with Crippen LogP contribution in [0.15, 0.2) is 0 Å². The van der Waals surface area contributed by atoms with Gasteiger partial charge in [0.25, 0.3) is 0 Å². The summed E-state index contributed by atoms with van der Waals surface area (Å²) in [4.78, 5) is 0. The Morgan fingerprint density at radius 3 is 2.63 bits per heavy atom. The molecule has 2 fully saturated rings. The van der Waals surface area contributed by atoms with Crippen LogP contribution < -0.4 is 0 Å². The van der Waals surface area contributed by atoms with E-state index >= 15 is 0 Å². The molecule has 0 radical (unpaired) electrons. The lowest BCUT2D eigenvalue weighted by atomic mass is 10.1. The van der Waals surface area contributed by atoms with Gasteiger partial charge >= 0.3 is 0 Å². The van der Waals surface area contributed by atoms with Crippen molar-refractivity contribution in [3.63, 3.8) is 0 Å². The molecule has 1 aliphatic heterocycles. The molecule has 1 atom stereocenters. The van der Waals surface area contributed by atoms with Crippen LogP contribution in [0.5, 0.6) is 0 Å². The topological polar surface area (TPSA) is 70.4 Å². The van der Waals surface area contributed by atoms with Crippen molar-refractivity contribution < 1.29 is 13.2 Å². The first-order valence-electron chi connectivity index (χ1n) is 7.08. The largest absolute Gasteiger partial charge is 0.377 e. The molecule has 2 aliphatic rings. The molecule has 0 unspecified atom stereocenters. The van der Waals surface area contributed by atoms with Crippen LogP contribution in [0.3, 0.4) is 0 Å². The van der Waals surface area contributed by atoms with E-state index < -0.39 is 10.0 Å². The number of hydrogen-bond acceptors (Lipinski definition) is 4. The van der Waals surface area contributed by atoms with Crippen molar-refractivity contribution in [2.45, 2.75) is 44.6 Å². The van der Waals surface area contributed by atoms with Gasteiger partial charge in [0.1, 0.15) is 0 Å². The highest BCUT2D eigenvalue weighted by molar-refractivity contribution is 7.89. The molecule has 19 heavy (non-hydrogen) atoms. The van der Waals surface area contributed by atoms with Gasteiger partial charge in [0.15, 0.2) is 0 Å². The molecule has 0 spiro atoms. The number of nitriles is 1. The van der Waals surface area contributed by atoms with Crippen molar-refractivity contribution in [2.75, 3.05) is 25.4 Å². The van der Waals surface area contributed by atoms with E-state index in [2.05, 4.69) is 0 Å². The molecular weight excluding hydrogens is 264 g/mol. The van der Waals surface area contributed by atoms with E-state index in [0.717, 1.165) is 32.1 Å². The first-order valence-corrected chi connectivity index (χ1v) is 8.69. The number of sulfonamides is 1. The Hall–Kier alpha value is -0.640. The molecule has 0 bridgehead atoms. The van der Waals surface area contributed by atoms with Crippen molar-refractivity contribution in [2.24, 2.45) is 5.92 Å². The Bertz CT molecular complexity index is 420. The number of ether oxygens (including phenoxy) is 1. The average Bonchev–Trinajstić information content (AvgIpc) is 3.19. The number of rotatable bonds is 7. The third kappa shape index (κ3) is 4.75. The fourth-order valence-corrected chi connectivity index (χ4v) is 4.14. The summed E-state index contributed by atoms with van der Waals surface area (Å²) in [5.41, 5.74) is 0. The van der Waals surface area contributed by atoms with E-state index in [0.29, 0.717) is 25.6 Å². The zero-order valence-electron chi connectivity index (χ0n) is 11.3. The van der Waals surface area contributed by atoms with Crippen molar-refractivity contribution in [1.29, 1.82) is 5.26 Å². The summed E-state index contributed by atoms with van der Waals surface area (Å²) >= 11 is 0. The second-order valence-corrected chi connectivity index (χ2v) is 7.49. The van der Waals surface area contributed by atoms with E-state index in [1.165, 1.54) is 4.31 Å². The lowest BCUT2D eigenvalue weighted by molar-refractivity contribution is 0.0298. The SMILES string of the molecule is N#CCCN(CC1CC1)S(=O)(=O)C[C@H]1CCCCO1. The van der Waals surface area contributed by atoms with Gasteiger partial charge < -0.3 is 4.74 Å². The average molecular weight is 286 g/mol. The van der Waals surface area contributed by atoms with E-state index in [1.807, 2.05) is 6.07 Å². The minimum absolute atomic E-state index is 0.0746. The van der Waals surface area contributed by atoms with Crippen molar-refractivity contribution in [3.8, 4) is 6.07 Å². The summed E-state index contributed by atoms with van der Waals surface area (Å²) in [6.07, 6.45) is 5.21. The molecular formula is C13H22N2O3S. The Balaban J connectivity index is 1.93. The molecule has 0 amide bonds. The van der Waals surface area contributed by atoms with E-state index in [9.17, 15) is 8.42 Å². The van der Waals surface area contributed by atoms with Crippen LogP contribution in [0.1, 0.15) is 38.5 Å². The standard InChI is InChI=1S/C13H22N2O3S/c14-7-3-8-15(10-12-5-6-12)19(16,17)11-13-4-1-2-9-18-13/h12-13H,1-6,8-11H2/t13-/m1/s1. The summed E-state index contributed by atoms with van der Waals surface area (Å²) in [6, 6.07) is 2.03. The third-order valence-electron chi connectivity index (χ3n) is 3.70. The van der Waals surface area contributed by atoms with Gasteiger partial charge in [0, 0.05) is 26.1 Å². The molecule has 6 heteroatoms. The normalized spacial score (nSPS) is 24.3. The molecule has 108 valence electrons. The molecule has 2 rings (SSSR count). The van der Waals surface area contributed by atoms with Crippen LogP contribution in [0.25, 0.3) is 0 Å². The molecule has 0 aromatic rings. The minimum Gasteiger partial charge on any atom is -0.377 e. The number of nitrogens with zero attached hydrogens (tertiary/aromatic N) is 2. The van der Waals surface area contributed by atoms with E-state index in [1.54, 1.807) is 0 Å². The van der Waals surface area contributed by atoms with Gasteiger partial charge in [-0.15, -0.1) is 0 Å². The quantitative estimate of drug-likeness (QED) is 0.711. The summed E-state index contributed by atoms with van der Waals surface area (Å²) in [6.45, 7) is 1.57. The summed E-state index contributed by atoms with van der Waals surface area (Å²) in [5.74, 6) is 0.575. The molecule has 1 saturated heterocycles. The maximum Gasteiger partial charge on any atom is 0.216 e. The monoisotopic (exact) mass is 286 g/mol. The zero-order valence-corrected chi connectivity index (χ0v) is 12.1. The predicted octanol–water partition coefficient (Wildman–Crippen LogP) is 1.51. The molecule has 1 heterocycles. The van der Waals surface area contributed by atoms with Gasteiger partial charge in [0.05, 0.1) is 17.9 Å². The smallest absolute Gasteiger partial charge is 0.216 e. The molecule has 1 aliphatic carbocycles. The molecule has 0 aromatic carbocycles. The van der Waals surface area contributed by atoms with Crippen molar-refractivity contribution in [1.82, 2.24) is 4.31 Å². The maximum absolute atomic E-state index is 12.4. The van der Waals surface area contributed by atoms with Gasteiger partial charge in [-0.25, -0.2) is 12.7 Å². The van der Waals surface area contributed by atoms with Crippen LogP contribution in [-0.2, 0) is 14.8 Å². The summed E-state index contributed by atoms with van der Waals surface area (Å²) in [5, 5.41) is 8.66. The van der Waals surface area contributed by atoms with Crippen LogP contribution in [0.2, 0.25) is 0 Å². The van der Waals surface area contributed by atoms with Gasteiger partial charge in [-0.1, -0.05) is 0 Å². The minimum atomic E-state index is -3.29. The zero-order chi connectivity index (χ0) is 13.7. The van der Waals surface area contributed by atoms with Gasteiger partial charge in [-0.05, 0) is 38.0 Å². The predicted molar refractivity (Wildman–Crippen MR) is 71.9 cm³/mol. The first kappa shape index (κ1) is 14.8. The van der Waals surface area contributed by atoms with Gasteiger partial charge in [0.2, 0.25) is 10.0 Å². The second kappa shape index (κ2) is 6.69.